The van der Waals surface area contributed by atoms with Crippen molar-refractivity contribution in [2.75, 3.05) is 13.2 Å². The normalized spacial score (nSPS) is 10.4. The first kappa shape index (κ1) is 26.0. The molecule has 2 aromatic heterocycles. The van der Waals surface area contributed by atoms with E-state index in [2.05, 4.69) is 0 Å². The Kier molecular flexibility index (Phi) is 9.36. The van der Waals surface area contributed by atoms with Crippen molar-refractivity contribution >= 4 is 35.3 Å². The Morgan fingerprint density at radius 3 is 1.74 bits per heavy atom. The van der Waals surface area contributed by atoms with Crippen LogP contribution >= 0.6 is 0 Å². The Morgan fingerprint density at radius 2 is 1.29 bits per heavy atom. The second kappa shape index (κ2) is 12.2. The van der Waals surface area contributed by atoms with Gasteiger partial charge in [0.2, 0.25) is 0 Å². The van der Waals surface area contributed by atoms with Crippen LogP contribution in [0.1, 0.15) is 23.1 Å². The van der Waals surface area contributed by atoms with Crippen LogP contribution in [0.15, 0.2) is 53.5 Å². The third-order valence-electron chi connectivity index (χ3n) is 4.49. The van der Waals surface area contributed by atoms with Gasteiger partial charge in [-0.15, -0.1) is 0 Å². The number of carbonyl (C=O) groups is 1. The molecule has 0 saturated carbocycles. The number of hydrogen-bond acceptors (Lipinski definition) is 3. The maximum absolute atomic E-state index is 13.9. The molecule has 0 bridgehead atoms. The third kappa shape index (κ3) is 5.91. The van der Waals surface area contributed by atoms with Gasteiger partial charge < -0.3 is 0 Å². The van der Waals surface area contributed by atoms with E-state index < -0.39 is 23.3 Å². The van der Waals surface area contributed by atoms with Gasteiger partial charge in [0.25, 0.3) is 0 Å². The van der Waals surface area contributed by atoms with Crippen LogP contribution in [0.3, 0.4) is 0 Å². The Morgan fingerprint density at radius 1 is 0.735 bits per heavy atom. The predicted octanol–water partition coefficient (Wildman–Crippen LogP) is 5.99. The molecule has 0 atom stereocenters. The van der Waals surface area contributed by atoms with Crippen molar-refractivity contribution in [3.63, 3.8) is 0 Å². The Labute approximate surface area is 206 Å². The summed E-state index contributed by atoms with van der Waals surface area (Å²) in [5, 5.41) is 0. The van der Waals surface area contributed by atoms with Crippen LogP contribution in [0.2, 0.25) is 0 Å². The van der Waals surface area contributed by atoms with E-state index in [1.807, 2.05) is 17.1 Å². The summed E-state index contributed by atoms with van der Waals surface area (Å²) in [6.07, 6.45) is 0.742. The van der Waals surface area contributed by atoms with Crippen LogP contribution in [-0.2, 0) is 0 Å². The van der Waals surface area contributed by atoms with E-state index in [-0.39, 0.29) is 52.7 Å². The quantitative estimate of drug-likeness (QED) is 0.148. The average Bonchev–Trinajstić information content (AvgIpc) is 3.53. The molecule has 0 spiro atoms. The number of hydrogen-bond donors (Lipinski definition) is 0. The molecule has 0 aliphatic carbocycles. The number of benzene rings is 2. The van der Waals surface area contributed by atoms with Crippen molar-refractivity contribution < 1.29 is 31.8 Å². The Balaban J connectivity index is 0.000000192. The fourth-order valence-electron chi connectivity index (χ4n) is 2.97. The van der Waals surface area contributed by atoms with Gasteiger partial charge in [-0.1, -0.05) is 0 Å². The summed E-state index contributed by atoms with van der Waals surface area (Å²) >= 11 is -0.164. The maximum atomic E-state index is 13.9. The Hall–Kier alpha value is -2.57. The standard InChI is InChI=1S/C13H10F2O2Se.C12H10F2OSe/c1-2-17-10-5-4-9(12(14)13(10)15)11-6-3-8(7-16)18-11;1-2-15-9-6-5-8(11(13)12(9)14)10-4-3-7-16-10/h3-7H,2H2,1H3;3-7H,2H2,1H3. The first-order valence-corrected chi connectivity index (χ1v) is 13.8. The monoisotopic (exact) mass is 604 g/mol. The molecule has 4 aromatic rings. The Bertz CT molecular complexity index is 1250. The van der Waals surface area contributed by atoms with E-state index in [1.54, 1.807) is 32.0 Å². The van der Waals surface area contributed by atoms with Crippen molar-refractivity contribution in [3.8, 4) is 31.5 Å². The molecule has 0 radical (unpaired) electrons. The van der Waals surface area contributed by atoms with Crippen LogP contribution in [0.25, 0.3) is 20.0 Å². The molecule has 0 unspecified atom stereocenters. The van der Waals surface area contributed by atoms with Gasteiger partial charge in [0.15, 0.2) is 0 Å². The van der Waals surface area contributed by atoms with Gasteiger partial charge in [0, 0.05) is 0 Å². The number of aldehydes is 1. The summed E-state index contributed by atoms with van der Waals surface area (Å²) in [5.41, 5.74) is 0.537. The third-order valence-corrected chi connectivity index (χ3v) is 8.57. The zero-order valence-corrected chi connectivity index (χ0v) is 21.7. The van der Waals surface area contributed by atoms with Gasteiger partial charge in [0.1, 0.15) is 0 Å². The van der Waals surface area contributed by atoms with E-state index >= 15 is 0 Å². The average molecular weight is 602 g/mol. The molecule has 0 fully saturated rings. The van der Waals surface area contributed by atoms with Crippen LogP contribution in [0.4, 0.5) is 17.6 Å². The number of halogens is 4. The summed E-state index contributed by atoms with van der Waals surface area (Å²) in [6.45, 7) is 4.04. The molecule has 178 valence electrons. The molecule has 0 aliphatic rings. The van der Waals surface area contributed by atoms with E-state index in [1.165, 1.54) is 18.2 Å². The van der Waals surface area contributed by atoms with Crippen molar-refractivity contribution in [2.45, 2.75) is 13.8 Å². The van der Waals surface area contributed by atoms with Crippen molar-refractivity contribution in [3.05, 3.63) is 81.2 Å². The zero-order chi connectivity index (χ0) is 24.7. The summed E-state index contributed by atoms with van der Waals surface area (Å²) in [5.74, 6) is -3.73. The van der Waals surface area contributed by atoms with E-state index in [0.29, 0.717) is 21.0 Å². The van der Waals surface area contributed by atoms with E-state index in [0.717, 1.165) is 10.7 Å². The molecule has 9 heteroatoms. The van der Waals surface area contributed by atoms with E-state index in [4.69, 9.17) is 9.47 Å². The summed E-state index contributed by atoms with van der Waals surface area (Å²) in [4.78, 5) is 12.6. The van der Waals surface area contributed by atoms with Gasteiger partial charge in [-0.05, 0) is 0 Å². The van der Waals surface area contributed by atoms with Crippen molar-refractivity contribution in [1.82, 2.24) is 0 Å². The minimum atomic E-state index is -0.981. The van der Waals surface area contributed by atoms with Gasteiger partial charge >= 0.3 is 207 Å². The van der Waals surface area contributed by atoms with Gasteiger partial charge in [-0.25, -0.2) is 0 Å². The summed E-state index contributed by atoms with van der Waals surface area (Å²) < 4.78 is 66.9. The second-order valence-corrected chi connectivity index (χ2v) is 11.0. The fraction of sp³-hybridized carbons (Fsp3) is 0.160. The van der Waals surface area contributed by atoms with E-state index in [9.17, 15) is 22.4 Å². The second-order valence-electron chi connectivity index (χ2n) is 6.64. The molecule has 0 aliphatic heterocycles. The van der Waals surface area contributed by atoms with Crippen LogP contribution < -0.4 is 9.47 Å². The topological polar surface area (TPSA) is 35.5 Å². The van der Waals surface area contributed by atoms with Gasteiger partial charge in [-0.3, -0.25) is 0 Å². The molecule has 4 rings (SSSR count). The van der Waals surface area contributed by atoms with Crippen LogP contribution in [0, 0.1) is 23.3 Å². The summed E-state index contributed by atoms with van der Waals surface area (Å²) in [7, 11) is 0. The molecule has 0 amide bonds. The molecule has 3 nitrogen and oxygen atoms in total. The van der Waals surface area contributed by atoms with Crippen molar-refractivity contribution in [1.29, 1.82) is 0 Å². The van der Waals surface area contributed by atoms with Gasteiger partial charge in [0.05, 0.1) is 0 Å². The molecular formula is C25H20F4O3Se2. The first-order valence-electron chi connectivity index (χ1n) is 10.2. The number of rotatable bonds is 7. The van der Waals surface area contributed by atoms with Gasteiger partial charge in [-0.2, -0.15) is 0 Å². The first-order chi connectivity index (χ1) is 16.4. The molecule has 0 saturated heterocycles. The SMILES string of the molecule is CCOc1ccc(-c2ccc(C=O)[se]2)c(F)c1F.CCOc1ccc(-c2ccc[se]2)c(F)c1F. The summed E-state index contributed by atoms with van der Waals surface area (Å²) in [6, 6.07) is 12.9. The minimum absolute atomic E-state index is 0.0252. The number of carbonyl (C=O) groups excluding carboxylic acids is 1. The van der Waals surface area contributed by atoms with Crippen LogP contribution in [-0.4, -0.2) is 48.5 Å². The zero-order valence-electron chi connectivity index (χ0n) is 18.2. The van der Waals surface area contributed by atoms with Crippen molar-refractivity contribution in [2.24, 2.45) is 0 Å². The van der Waals surface area contributed by atoms with Crippen LogP contribution in [0.5, 0.6) is 11.5 Å². The number of ether oxygens (including phenoxy) is 2. The molecule has 2 aromatic carbocycles. The molecule has 34 heavy (non-hydrogen) atoms. The molecule has 2 heterocycles. The molecular weight excluding hydrogens is 582 g/mol. The molecule has 0 N–H and O–H groups in total. The predicted molar refractivity (Wildman–Crippen MR) is 125 cm³/mol. The fourth-order valence-corrected chi connectivity index (χ4v) is 6.30.